The Labute approximate surface area is 139 Å². The first-order chi connectivity index (χ1) is 9.51. The fourth-order valence-electron chi connectivity index (χ4n) is 2.06. The lowest BCUT2D eigenvalue weighted by Gasteiger charge is -2.19. The number of halogens is 4. The van der Waals surface area contributed by atoms with Gasteiger partial charge in [-0.1, -0.05) is 55.6 Å². The molecular weight excluding hydrogens is 408 g/mol. The van der Waals surface area contributed by atoms with Crippen molar-refractivity contribution >= 4 is 43.5 Å². The van der Waals surface area contributed by atoms with Gasteiger partial charge in [-0.05, 0) is 48.9 Å². The smallest absolute Gasteiger partial charge is 0.127 e. The van der Waals surface area contributed by atoms with E-state index in [-0.39, 0.29) is 11.9 Å². The summed E-state index contributed by atoms with van der Waals surface area (Å²) in [5, 5.41) is 3.85. The van der Waals surface area contributed by atoms with Gasteiger partial charge in [0, 0.05) is 20.0 Å². The van der Waals surface area contributed by atoms with Crippen LogP contribution in [0.1, 0.15) is 17.2 Å². The Hall–Kier alpha value is -0.420. The summed E-state index contributed by atoms with van der Waals surface area (Å²) in [5.41, 5.74) is 1.62. The van der Waals surface area contributed by atoms with E-state index in [1.54, 1.807) is 6.07 Å². The molecule has 106 valence electrons. The topological polar surface area (TPSA) is 12.0 Å². The molecule has 20 heavy (non-hydrogen) atoms. The van der Waals surface area contributed by atoms with Gasteiger partial charge in [-0.3, -0.25) is 0 Å². The molecular formula is C15H13Br2ClFN. The molecule has 0 saturated heterocycles. The van der Waals surface area contributed by atoms with Crippen molar-refractivity contribution in [3.8, 4) is 0 Å². The molecule has 0 spiro atoms. The van der Waals surface area contributed by atoms with Crippen LogP contribution in [0.2, 0.25) is 5.02 Å². The first kappa shape index (κ1) is 16.0. The Morgan fingerprint density at radius 3 is 2.40 bits per heavy atom. The molecule has 0 bridgehead atoms. The monoisotopic (exact) mass is 419 g/mol. The normalized spacial score (nSPS) is 12.4. The molecule has 1 atom stereocenters. The molecule has 0 radical (unpaired) electrons. The molecule has 0 aliphatic heterocycles. The molecule has 5 heteroatoms. The van der Waals surface area contributed by atoms with Crippen LogP contribution in [0.15, 0.2) is 45.3 Å². The van der Waals surface area contributed by atoms with Crippen LogP contribution in [-0.4, -0.2) is 7.05 Å². The maximum absolute atomic E-state index is 13.9. The Kier molecular flexibility index (Phi) is 5.61. The van der Waals surface area contributed by atoms with Crippen LogP contribution in [0.3, 0.4) is 0 Å². The Balaban J connectivity index is 2.28. The van der Waals surface area contributed by atoms with Gasteiger partial charge < -0.3 is 5.32 Å². The molecule has 0 heterocycles. The number of rotatable bonds is 4. The SMILES string of the molecule is CNC(Cc1ccc(Br)cc1F)c1ccc(Br)cc1Cl. The third-order valence-electron chi connectivity index (χ3n) is 3.13. The van der Waals surface area contributed by atoms with E-state index in [1.165, 1.54) is 6.07 Å². The minimum atomic E-state index is -0.215. The summed E-state index contributed by atoms with van der Waals surface area (Å²) in [6, 6.07) is 10.8. The average molecular weight is 422 g/mol. The molecule has 1 nitrogen and oxygen atoms in total. The number of hydrogen-bond acceptors (Lipinski definition) is 1. The zero-order valence-electron chi connectivity index (χ0n) is 10.8. The fourth-order valence-corrected chi connectivity index (χ4v) is 3.20. The highest BCUT2D eigenvalue weighted by molar-refractivity contribution is 9.10. The molecule has 2 rings (SSSR count). The van der Waals surface area contributed by atoms with Crippen molar-refractivity contribution in [3.05, 3.63) is 67.3 Å². The van der Waals surface area contributed by atoms with Crippen molar-refractivity contribution in [1.29, 1.82) is 0 Å². The first-order valence-electron chi connectivity index (χ1n) is 6.07. The number of benzene rings is 2. The molecule has 2 aromatic rings. The van der Waals surface area contributed by atoms with Gasteiger partial charge in [-0.15, -0.1) is 0 Å². The summed E-state index contributed by atoms with van der Waals surface area (Å²) in [6.45, 7) is 0. The number of nitrogens with one attached hydrogen (secondary N) is 1. The van der Waals surface area contributed by atoms with E-state index in [2.05, 4.69) is 37.2 Å². The summed E-state index contributed by atoms with van der Waals surface area (Å²) in [4.78, 5) is 0. The van der Waals surface area contributed by atoms with E-state index in [1.807, 2.05) is 31.3 Å². The maximum Gasteiger partial charge on any atom is 0.127 e. The zero-order valence-corrected chi connectivity index (χ0v) is 14.7. The van der Waals surface area contributed by atoms with Crippen LogP contribution in [0, 0.1) is 5.82 Å². The second-order valence-electron chi connectivity index (χ2n) is 4.45. The summed E-state index contributed by atoms with van der Waals surface area (Å²) >= 11 is 12.9. The first-order valence-corrected chi connectivity index (χ1v) is 8.04. The van der Waals surface area contributed by atoms with Crippen molar-refractivity contribution in [1.82, 2.24) is 5.32 Å². The summed E-state index contributed by atoms with van der Waals surface area (Å²) in [5.74, 6) is -0.215. The van der Waals surface area contributed by atoms with Crippen molar-refractivity contribution < 1.29 is 4.39 Å². The molecule has 0 aliphatic carbocycles. The van der Waals surface area contributed by atoms with Crippen LogP contribution in [0.4, 0.5) is 4.39 Å². The fraction of sp³-hybridized carbons (Fsp3) is 0.200. The summed E-state index contributed by atoms with van der Waals surface area (Å²) < 4.78 is 15.6. The van der Waals surface area contributed by atoms with E-state index >= 15 is 0 Å². The lowest BCUT2D eigenvalue weighted by Crippen LogP contribution is -2.19. The maximum atomic E-state index is 13.9. The highest BCUT2D eigenvalue weighted by Crippen LogP contribution is 2.29. The van der Waals surface area contributed by atoms with Crippen LogP contribution in [0.25, 0.3) is 0 Å². The van der Waals surface area contributed by atoms with Gasteiger partial charge in [-0.25, -0.2) is 4.39 Å². The van der Waals surface area contributed by atoms with E-state index < -0.39 is 0 Å². The van der Waals surface area contributed by atoms with Crippen molar-refractivity contribution in [3.63, 3.8) is 0 Å². The van der Waals surface area contributed by atoms with E-state index in [0.717, 1.165) is 14.5 Å². The molecule has 1 unspecified atom stereocenters. The molecule has 0 saturated carbocycles. The average Bonchev–Trinajstić information content (AvgIpc) is 2.39. The van der Waals surface area contributed by atoms with Crippen molar-refractivity contribution in [2.24, 2.45) is 0 Å². The molecule has 1 N–H and O–H groups in total. The number of likely N-dealkylation sites (N-methyl/N-ethyl adjacent to an activating group) is 1. The molecule has 0 aromatic heterocycles. The van der Waals surface area contributed by atoms with Crippen molar-refractivity contribution in [2.75, 3.05) is 7.05 Å². The quantitative estimate of drug-likeness (QED) is 0.687. The molecule has 0 fully saturated rings. The predicted molar refractivity (Wildman–Crippen MR) is 88.8 cm³/mol. The minimum Gasteiger partial charge on any atom is -0.313 e. The van der Waals surface area contributed by atoms with Crippen molar-refractivity contribution in [2.45, 2.75) is 12.5 Å². The summed E-state index contributed by atoms with van der Waals surface area (Å²) in [6.07, 6.45) is 0.539. The van der Waals surface area contributed by atoms with E-state index in [4.69, 9.17) is 11.6 Å². The van der Waals surface area contributed by atoms with Gasteiger partial charge in [-0.2, -0.15) is 0 Å². The van der Waals surface area contributed by atoms with Crippen LogP contribution in [-0.2, 0) is 6.42 Å². The Morgan fingerprint density at radius 2 is 1.80 bits per heavy atom. The summed E-state index contributed by atoms with van der Waals surface area (Å²) in [7, 11) is 1.85. The van der Waals surface area contributed by atoms with Crippen LogP contribution < -0.4 is 5.32 Å². The Bertz CT molecular complexity index is 619. The third kappa shape index (κ3) is 3.82. The van der Waals surface area contributed by atoms with E-state index in [9.17, 15) is 4.39 Å². The van der Waals surface area contributed by atoms with Gasteiger partial charge in [0.25, 0.3) is 0 Å². The standard InChI is InChI=1S/C15H13Br2ClFN/c1-20-15(12-5-4-10(16)7-13(12)18)6-9-2-3-11(17)8-14(9)19/h2-5,7-8,15,20H,6H2,1H3. The van der Waals surface area contributed by atoms with Gasteiger partial charge in [0.05, 0.1) is 0 Å². The molecule has 2 aromatic carbocycles. The lowest BCUT2D eigenvalue weighted by molar-refractivity contribution is 0.554. The second kappa shape index (κ2) is 7.03. The molecule has 0 amide bonds. The second-order valence-corrected chi connectivity index (χ2v) is 6.69. The number of hydrogen-bond donors (Lipinski definition) is 1. The largest absolute Gasteiger partial charge is 0.313 e. The Morgan fingerprint density at radius 1 is 1.15 bits per heavy atom. The lowest BCUT2D eigenvalue weighted by atomic mass is 9.98. The van der Waals surface area contributed by atoms with Gasteiger partial charge in [0.2, 0.25) is 0 Å². The predicted octanol–water partition coefficient (Wildman–Crippen LogP) is 5.51. The highest BCUT2D eigenvalue weighted by atomic mass is 79.9. The van der Waals surface area contributed by atoms with Gasteiger partial charge in [0.1, 0.15) is 5.82 Å². The zero-order chi connectivity index (χ0) is 14.7. The highest BCUT2D eigenvalue weighted by Gasteiger charge is 2.16. The van der Waals surface area contributed by atoms with E-state index in [0.29, 0.717) is 17.0 Å². The minimum absolute atomic E-state index is 0.0359. The van der Waals surface area contributed by atoms with Crippen LogP contribution in [0.5, 0.6) is 0 Å². The van der Waals surface area contributed by atoms with Crippen LogP contribution >= 0.6 is 43.5 Å². The van der Waals surface area contributed by atoms with Gasteiger partial charge in [0.15, 0.2) is 0 Å². The molecule has 0 aliphatic rings. The third-order valence-corrected chi connectivity index (χ3v) is 4.44. The van der Waals surface area contributed by atoms with Gasteiger partial charge >= 0.3 is 0 Å².